The summed E-state index contributed by atoms with van der Waals surface area (Å²) in [5.74, 6) is 0.193. The van der Waals surface area contributed by atoms with E-state index in [0.29, 0.717) is 43.4 Å². The van der Waals surface area contributed by atoms with Crippen molar-refractivity contribution in [2.45, 2.75) is 46.2 Å². The van der Waals surface area contributed by atoms with Gasteiger partial charge in [0.2, 0.25) is 17.4 Å². The lowest BCUT2D eigenvalue weighted by Gasteiger charge is -2.27. The van der Waals surface area contributed by atoms with Crippen LogP contribution < -0.4 is 25.4 Å². The van der Waals surface area contributed by atoms with Crippen LogP contribution >= 0.6 is 0 Å². The normalized spacial score (nSPS) is 15.6. The molecule has 39 heavy (non-hydrogen) atoms. The number of nitrogens with zero attached hydrogens (tertiary/aromatic N) is 4. The highest BCUT2D eigenvalue weighted by Crippen LogP contribution is 2.40. The first kappa shape index (κ1) is 28.0. The van der Waals surface area contributed by atoms with E-state index in [0.717, 1.165) is 18.4 Å². The molecule has 0 bridgehead atoms. The highest BCUT2D eigenvalue weighted by molar-refractivity contribution is 6.20. The maximum Gasteiger partial charge on any atom is 0.250 e. The highest BCUT2D eigenvalue weighted by atomic mass is 16.5. The third-order valence-corrected chi connectivity index (χ3v) is 7.18. The number of ether oxygens (including phenoxy) is 1. The van der Waals surface area contributed by atoms with E-state index in [1.165, 1.54) is 0 Å². The van der Waals surface area contributed by atoms with Crippen molar-refractivity contribution in [3.63, 3.8) is 0 Å². The van der Waals surface area contributed by atoms with Gasteiger partial charge in [0.05, 0.1) is 18.0 Å². The van der Waals surface area contributed by atoms with E-state index < -0.39 is 5.41 Å². The monoisotopic (exact) mass is 531 g/mol. The summed E-state index contributed by atoms with van der Waals surface area (Å²) in [6, 6.07) is 14.7. The molecule has 1 atom stereocenters. The van der Waals surface area contributed by atoms with Crippen molar-refractivity contribution in [2.75, 3.05) is 36.5 Å². The van der Waals surface area contributed by atoms with Gasteiger partial charge in [-0.2, -0.15) is 0 Å². The smallest absolute Gasteiger partial charge is 0.250 e. The van der Waals surface area contributed by atoms with Gasteiger partial charge in [-0.1, -0.05) is 6.07 Å². The number of aryl methyl sites for hydroxylation is 1. The fourth-order valence-electron chi connectivity index (χ4n) is 4.91. The number of carbonyl (C=O) groups excluding carboxylic acids is 2. The standard InChI is InChI=1S/C30H37N5O4/c1-5-35-25-11-10-23(21-26(25)33(4)28(37)30(2,3)29(35)38)39-20-8-15-32-24(22-12-16-31-17-13-22)14-19-34-18-7-6-9-27(34)36/h6-7,9-13,16-18,21,24,32H,5,8,14-15,19-20H2,1-4H3. The summed E-state index contributed by atoms with van der Waals surface area (Å²) in [6.45, 7) is 7.52. The molecule has 9 heteroatoms. The average molecular weight is 532 g/mol. The van der Waals surface area contributed by atoms with Crippen LogP contribution in [-0.2, 0) is 16.1 Å². The van der Waals surface area contributed by atoms with E-state index >= 15 is 0 Å². The molecule has 1 aliphatic heterocycles. The largest absolute Gasteiger partial charge is 0.493 e. The molecule has 0 saturated heterocycles. The Labute approximate surface area is 229 Å². The van der Waals surface area contributed by atoms with E-state index in [4.69, 9.17) is 4.74 Å². The first-order valence-corrected chi connectivity index (χ1v) is 13.4. The van der Waals surface area contributed by atoms with Crippen LogP contribution in [0.15, 0.2) is 71.9 Å². The SMILES string of the molecule is CCN1C(=O)C(C)(C)C(=O)N(C)c2cc(OCCCNC(CCn3ccccc3=O)c3ccncc3)ccc21. The summed E-state index contributed by atoms with van der Waals surface area (Å²) in [5, 5.41) is 3.59. The Hall–Kier alpha value is -3.98. The van der Waals surface area contributed by atoms with Gasteiger partial charge in [0.25, 0.3) is 0 Å². The predicted octanol–water partition coefficient (Wildman–Crippen LogP) is 3.79. The molecule has 1 unspecified atom stereocenters. The topological polar surface area (TPSA) is 96.8 Å². The van der Waals surface area contributed by atoms with Crippen LogP contribution in [0.1, 0.15) is 45.2 Å². The number of hydrogen-bond donors (Lipinski definition) is 1. The van der Waals surface area contributed by atoms with Gasteiger partial charge in [-0.15, -0.1) is 0 Å². The molecule has 0 spiro atoms. The number of rotatable bonds is 11. The number of carbonyl (C=O) groups is 2. The van der Waals surface area contributed by atoms with Gasteiger partial charge in [0.15, 0.2) is 0 Å². The number of anilines is 2. The molecule has 3 heterocycles. The van der Waals surface area contributed by atoms with Crippen LogP contribution in [0, 0.1) is 5.41 Å². The predicted molar refractivity (Wildman–Crippen MR) is 152 cm³/mol. The lowest BCUT2D eigenvalue weighted by molar-refractivity contribution is -0.137. The molecule has 1 N–H and O–H groups in total. The van der Waals surface area contributed by atoms with Crippen molar-refractivity contribution >= 4 is 23.2 Å². The summed E-state index contributed by atoms with van der Waals surface area (Å²) in [6.07, 6.45) is 6.86. The number of aromatic nitrogens is 2. The molecule has 1 aromatic carbocycles. The van der Waals surface area contributed by atoms with Gasteiger partial charge in [-0.3, -0.25) is 19.4 Å². The quantitative estimate of drug-likeness (QED) is 0.299. The second kappa shape index (κ2) is 12.3. The van der Waals surface area contributed by atoms with Crippen LogP contribution in [0.2, 0.25) is 0 Å². The number of benzene rings is 1. The highest BCUT2D eigenvalue weighted by Gasteiger charge is 2.45. The van der Waals surface area contributed by atoms with E-state index in [2.05, 4.69) is 10.3 Å². The second-order valence-electron chi connectivity index (χ2n) is 10.2. The molecule has 9 nitrogen and oxygen atoms in total. The van der Waals surface area contributed by atoms with Crippen molar-refractivity contribution in [2.24, 2.45) is 5.41 Å². The van der Waals surface area contributed by atoms with Crippen LogP contribution in [0.25, 0.3) is 0 Å². The van der Waals surface area contributed by atoms with Crippen LogP contribution in [0.5, 0.6) is 5.75 Å². The van der Waals surface area contributed by atoms with Crippen molar-refractivity contribution in [3.05, 3.63) is 83.0 Å². The zero-order chi connectivity index (χ0) is 28.0. The van der Waals surface area contributed by atoms with Crippen LogP contribution in [-0.4, -0.2) is 48.1 Å². The summed E-state index contributed by atoms with van der Waals surface area (Å²) < 4.78 is 7.76. The third kappa shape index (κ3) is 6.20. The Morgan fingerprint density at radius 2 is 1.77 bits per heavy atom. The molecular weight excluding hydrogens is 494 g/mol. The van der Waals surface area contributed by atoms with E-state index in [-0.39, 0.29) is 23.4 Å². The molecule has 0 fully saturated rings. The molecule has 2 amide bonds. The average Bonchev–Trinajstić information content (AvgIpc) is 3.00. The number of pyridine rings is 2. The maximum absolute atomic E-state index is 13.1. The third-order valence-electron chi connectivity index (χ3n) is 7.18. The minimum Gasteiger partial charge on any atom is -0.493 e. The molecule has 206 valence electrons. The van der Waals surface area contributed by atoms with Gasteiger partial charge >= 0.3 is 0 Å². The number of nitrogens with one attached hydrogen (secondary N) is 1. The van der Waals surface area contributed by atoms with Gasteiger partial charge in [-0.05, 0) is 76.1 Å². The molecule has 1 aliphatic rings. The van der Waals surface area contributed by atoms with Crippen molar-refractivity contribution in [3.8, 4) is 5.75 Å². The molecule has 0 aliphatic carbocycles. The van der Waals surface area contributed by atoms with Crippen LogP contribution in [0.4, 0.5) is 11.4 Å². The molecule has 3 aromatic rings. The van der Waals surface area contributed by atoms with Crippen LogP contribution in [0.3, 0.4) is 0 Å². The summed E-state index contributed by atoms with van der Waals surface area (Å²) in [5.41, 5.74) is 1.32. The molecule has 0 radical (unpaired) electrons. The minimum atomic E-state index is -1.14. The molecule has 2 aromatic heterocycles. The summed E-state index contributed by atoms with van der Waals surface area (Å²) >= 11 is 0. The minimum absolute atomic E-state index is 0.0116. The molecule has 4 rings (SSSR count). The number of fused-ring (bicyclic) bond motifs is 1. The fraction of sp³-hybridized carbons (Fsp3) is 0.400. The Morgan fingerprint density at radius 1 is 1.00 bits per heavy atom. The number of hydrogen-bond acceptors (Lipinski definition) is 6. The first-order valence-electron chi connectivity index (χ1n) is 13.4. The Morgan fingerprint density at radius 3 is 2.49 bits per heavy atom. The maximum atomic E-state index is 13.1. The molecule has 0 saturated carbocycles. The van der Waals surface area contributed by atoms with E-state index in [1.807, 2.05) is 49.5 Å². The van der Waals surface area contributed by atoms with Gasteiger partial charge in [0, 0.05) is 56.9 Å². The summed E-state index contributed by atoms with van der Waals surface area (Å²) in [4.78, 5) is 45.6. The van der Waals surface area contributed by atoms with E-state index in [1.54, 1.807) is 59.8 Å². The lowest BCUT2D eigenvalue weighted by atomic mass is 9.90. The fourth-order valence-corrected chi connectivity index (χ4v) is 4.91. The Balaban J connectivity index is 1.37. The Kier molecular flexibility index (Phi) is 8.81. The zero-order valence-corrected chi connectivity index (χ0v) is 23.1. The zero-order valence-electron chi connectivity index (χ0n) is 23.1. The van der Waals surface area contributed by atoms with Gasteiger partial charge < -0.3 is 24.4 Å². The van der Waals surface area contributed by atoms with Crippen molar-refractivity contribution in [1.82, 2.24) is 14.9 Å². The lowest BCUT2D eigenvalue weighted by Crippen LogP contribution is -2.47. The first-order chi connectivity index (χ1) is 18.7. The summed E-state index contributed by atoms with van der Waals surface area (Å²) in [7, 11) is 1.70. The van der Waals surface area contributed by atoms with E-state index in [9.17, 15) is 14.4 Å². The van der Waals surface area contributed by atoms with Gasteiger partial charge in [-0.25, -0.2) is 0 Å². The molecular formula is C30H37N5O4. The van der Waals surface area contributed by atoms with Crippen molar-refractivity contribution in [1.29, 1.82) is 0 Å². The number of amides is 2. The van der Waals surface area contributed by atoms with Crippen molar-refractivity contribution < 1.29 is 14.3 Å². The Bertz CT molecular complexity index is 1350. The van der Waals surface area contributed by atoms with Gasteiger partial charge in [0.1, 0.15) is 11.2 Å². The second-order valence-corrected chi connectivity index (χ2v) is 10.2.